The second kappa shape index (κ2) is 5.78. The molecule has 3 aliphatic heterocycles. The molecule has 0 aromatic heterocycles. The molecule has 3 fully saturated rings. The smallest absolute Gasteiger partial charge is 0.306 e. The van der Waals surface area contributed by atoms with Gasteiger partial charge in [-0.15, -0.1) is 0 Å². The van der Waals surface area contributed by atoms with Crippen LogP contribution in [0.1, 0.15) is 20.3 Å². The Kier molecular flexibility index (Phi) is 3.64. The molecule has 146 valence electrons. The first-order valence-electron chi connectivity index (χ1n) is 9.47. The molecule has 7 nitrogen and oxygen atoms in total. The zero-order chi connectivity index (χ0) is 19.8. The zero-order valence-electron chi connectivity index (χ0n) is 15.6. The third-order valence-corrected chi connectivity index (χ3v) is 8.41. The van der Waals surface area contributed by atoms with Crippen molar-refractivity contribution in [3.8, 4) is 0 Å². The topological polar surface area (TPSA) is 78.0 Å². The first-order chi connectivity index (χ1) is 13.3. The van der Waals surface area contributed by atoms with Crippen LogP contribution in [-0.2, 0) is 14.8 Å². The first-order valence-corrected chi connectivity index (χ1v) is 11.0. The van der Waals surface area contributed by atoms with Gasteiger partial charge < -0.3 is 4.90 Å². The van der Waals surface area contributed by atoms with E-state index in [1.54, 1.807) is 24.8 Å². The number of hydrogen-bond donors (Lipinski definition) is 0. The van der Waals surface area contributed by atoms with Gasteiger partial charge in [-0.3, -0.25) is 4.79 Å². The Morgan fingerprint density at radius 2 is 1.75 bits per heavy atom. The summed E-state index contributed by atoms with van der Waals surface area (Å²) < 4.78 is 26.9. The van der Waals surface area contributed by atoms with Gasteiger partial charge in [0.05, 0.1) is 17.0 Å². The van der Waals surface area contributed by atoms with E-state index in [0.717, 1.165) is 10.8 Å². The van der Waals surface area contributed by atoms with Gasteiger partial charge in [-0.05, 0) is 31.7 Å². The summed E-state index contributed by atoms with van der Waals surface area (Å²) in [5.74, 6) is -0.336. The maximum Gasteiger partial charge on any atom is 0.332 e. The molecule has 2 aromatic carbocycles. The third-order valence-electron chi connectivity index (χ3n) is 6.15. The van der Waals surface area contributed by atoms with E-state index >= 15 is 0 Å². The lowest BCUT2D eigenvalue weighted by Crippen LogP contribution is -2.55. The van der Waals surface area contributed by atoms with Gasteiger partial charge in [0.15, 0.2) is 0 Å². The molecule has 3 heterocycles. The number of carbonyl (C=O) groups excluding carboxylic acids is 2. The van der Waals surface area contributed by atoms with Crippen LogP contribution >= 0.6 is 0 Å². The van der Waals surface area contributed by atoms with E-state index in [4.69, 9.17) is 0 Å². The lowest BCUT2D eigenvalue weighted by atomic mass is 10.1. The van der Waals surface area contributed by atoms with Crippen molar-refractivity contribution in [2.45, 2.75) is 43.6 Å². The Hall–Kier alpha value is -2.45. The standard InChI is InChI=1S/C20H21N3O4S/c1-12(2)28(26,27)21-11-14-10-17(21)18-19(24)23(20(25)22(14)18)16-9-5-7-13-6-3-4-8-15(13)16/h3-9,12,14,17-18H,10-11H2,1-2H3/t14?,17?,18-/m1/s1. The number of hydrogen-bond acceptors (Lipinski definition) is 4. The van der Waals surface area contributed by atoms with Crippen LogP contribution in [0.15, 0.2) is 42.5 Å². The SMILES string of the molecule is CC(C)S(=O)(=O)N1CC2CC1[C@@H]1C(=O)N(c3cccc4ccccc34)C(=O)N21. The maximum atomic E-state index is 13.3. The zero-order valence-corrected chi connectivity index (χ0v) is 16.5. The highest BCUT2D eigenvalue weighted by Gasteiger charge is 2.64. The predicted octanol–water partition coefficient (Wildman–Crippen LogP) is 2.17. The number of piperazine rings is 1. The van der Waals surface area contributed by atoms with Crippen LogP contribution in [-0.4, -0.2) is 59.5 Å². The molecule has 3 amide bonds. The lowest BCUT2D eigenvalue weighted by molar-refractivity contribution is -0.120. The summed E-state index contributed by atoms with van der Waals surface area (Å²) in [5, 5.41) is 1.22. The average Bonchev–Trinajstić information content (AvgIpc) is 3.33. The van der Waals surface area contributed by atoms with E-state index in [9.17, 15) is 18.0 Å². The fraction of sp³-hybridized carbons (Fsp3) is 0.400. The average molecular weight is 399 g/mol. The number of nitrogens with zero attached hydrogens (tertiary/aromatic N) is 3. The second-order valence-electron chi connectivity index (χ2n) is 7.93. The normalized spacial score (nSPS) is 27.5. The fourth-order valence-corrected chi connectivity index (χ4v) is 6.30. The van der Waals surface area contributed by atoms with Gasteiger partial charge in [0, 0.05) is 18.0 Å². The summed E-state index contributed by atoms with van der Waals surface area (Å²) in [7, 11) is -3.48. The van der Waals surface area contributed by atoms with Gasteiger partial charge in [-0.25, -0.2) is 18.1 Å². The summed E-state index contributed by atoms with van der Waals surface area (Å²) >= 11 is 0. The Labute approximate surface area is 163 Å². The lowest BCUT2D eigenvalue weighted by Gasteiger charge is -2.34. The van der Waals surface area contributed by atoms with Crippen LogP contribution in [0.4, 0.5) is 10.5 Å². The highest BCUT2D eigenvalue weighted by molar-refractivity contribution is 7.89. The summed E-state index contributed by atoms with van der Waals surface area (Å²) in [6.45, 7) is 3.55. The molecule has 3 aliphatic rings. The van der Waals surface area contributed by atoms with E-state index < -0.39 is 27.4 Å². The number of urea groups is 1. The number of rotatable bonds is 3. The molecule has 8 heteroatoms. The Bertz CT molecular complexity index is 1110. The summed E-state index contributed by atoms with van der Waals surface area (Å²) in [5.41, 5.74) is 0.556. The van der Waals surface area contributed by atoms with Crippen molar-refractivity contribution in [1.82, 2.24) is 9.21 Å². The molecule has 0 radical (unpaired) electrons. The molecule has 28 heavy (non-hydrogen) atoms. The van der Waals surface area contributed by atoms with E-state index in [1.165, 1.54) is 9.21 Å². The van der Waals surface area contributed by atoms with E-state index in [1.807, 2.05) is 36.4 Å². The quantitative estimate of drug-likeness (QED) is 0.741. The molecule has 2 bridgehead atoms. The van der Waals surface area contributed by atoms with E-state index in [-0.39, 0.29) is 24.5 Å². The van der Waals surface area contributed by atoms with Crippen LogP contribution in [0.2, 0.25) is 0 Å². The second-order valence-corrected chi connectivity index (χ2v) is 10.4. The minimum Gasteiger partial charge on any atom is -0.306 e. The van der Waals surface area contributed by atoms with Gasteiger partial charge in [0.25, 0.3) is 5.91 Å². The molecule has 3 atom stereocenters. The van der Waals surface area contributed by atoms with Gasteiger partial charge in [0.1, 0.15) is 6.04 Å². The minimum absolute atomic E-state index is 0.250. The van der Waals surface area contributed by atoms with Crippen molar-refractivity contribution in [3.63, 3.8) is 0 Å². The van der Waals surface area contributed by atoms with Crippen LogP contribution in [0.3, 0.4) is 0 Å². The van der Waals surface area contributed by atoms with Crippen molar-refractivity contribution in [2.75, 3.05) is 11.4 Å². The summed E-state index contributed by atoms with van der Waals surface area (Å²) in [6.07, 6.45) is 0.525. The van der Waals surface area contributed by atoms with Gasteiger partial charge in [-0.1, -0.05) is 36.4 Å². The molecule has 0 N–H and O–H groups in total. The molecule has 2 aromatic rings. The number of carbonyl (C=O) groups is 2. The monoisotopic (exact) mass is 399 g/mol. The van der Waals surface area contributed by atoms with Crippen molar-refractivity contribution < 1.29 is 18.0 Å². The largest absolute Gasteiger partial charge is 0.332 e. The Morgan fingerprint density at radius 1 is 1.04 bits per heavy atom. The highest BCUT2D eigenvalue weighted by atomic mass is 32.2. The fourth-order valence-electron chi connectivity index (χ4n) is 4.80. The van der Waals surface area contributed by atoms with E-state index in [2.05, 4.69) is 0 Å². The number of imide groups is 1. The van der Waals surface area contributed by atoms with Crippen molar-refractivity contribution >= 4 is 38.4 Å². The summed E-state index contributed by atoms with van der Waals surface area (Å²) in [4.78, 5) is 29.3. The van der Waals surface area contributed by atoms with E-state index in [0.29, 0.717) is 12.1 Å². The minimum atomic E-state index is -3.48. The number of anilines is 1. The summed E-state index contributed by atoms with van der Waals surface area (Å²) in [6, 6.07) is 11.3. The number of amides is 3. The maximum absolute atomic E-state index is 13.3. The molecule has 2 unspecified atom stereocenters. The predicted molar refractivity (Wildman–Crippen MR) is 105 cm³/mol. The first kappa shape index (κ1) is 17.6. The van der Waals surface area contributed by atoms with Gasteiger partial charge in [0.2, 0.25) is 10.0 Å². The van der Waals surface area contributed by atoms with Crippen molar-refractivity contribution in [1.29, 1.82) is 0 Å². The number of benzene rings is 2. The number of fused-ring (bicyclic) bond motifs is 6. The van der Waals surface area contributed by atoms with Gasteiger partial charge in [-0.2, -0.15) is 4.31 Å². The highest BCUT2D eigenvalue weighted by Crippen LogP contribution is 2.44. The molecule has 0 spiro atoms. The number of sulfonamides is 1. The molecule has 0 aliphatic carbocycles. The van der Waals surface area contributed by atoms with Crippen molar-refractivity contribution in [2.24, 2.45) is 0 Å². The Balaban J connectivity index is 1.56. The van der Waals surface area contributed by atoms with Crippen LogP contribution in [0, 0.1) is 0 Å². The van der Waals surface area contributed by atoms with Crippen LogP contribution in [0.25, 0.3) is 10.8 Å². The molecule has 0 saturated carbocycles. The molecular weight excluding hydrogens is 378 g/mol. The van der Waals surface area contributed by atoms with Crippen LogP contribution in [0.5, 0.6) is 0 Å². The third kappa shape index (κ3) is 2.15. The van der Waals surface area contributed by atoms with Crippen LogP contribution < -0.4 is 4.90 Å². The van der Waals surface area contributed by atoms with Crippen molar-refractivity contribution in [3.05, 3.63) is 42.5 Å². The molecule has 3 saturated heterocycles. The Morgan fingerprint density at radius 3 is 2.50 bits per heavy atom. The molecule has 5 rings (SSSR count). The van der Waals surface area contributed by atoms with Gasteiger partial charge >= 0.3 is 6.03 Å². The molecular formula is C20H21N3O4S.